The van der Waals surface area contributed by atoms with Gasteiger partial charge in [0.25, 0.3) is 0 Å². The van der Waals surface area contributed by atoms with Crippen molar-refractivity contribution in [1.82, 2.24) is 0 Å². The van der Waals surface area contributed by atoms with Crippen molar-refractivity contribution in [3.05, 3.63) is 256 Å². The third kappa shape index (κ3) is 14.5. The van der Waals surface area contributed by atoms with E-state index in [1.165, 1.54) is 86.3 Å². The van der Waals surface area contributed by atoms with E-state index in [9.17, 15) is 48.3 Å². The van der Waals surface area contributed by atoms with Gasteiger partial charge in [-0.15, -0.1) is 0 Å². The quantitative estimate of drug-likeness (QED) is 0.0980. The second-order valence-corrected chi connectivity index (χ2v) is 22.5. The highest BCUT2D eigenvalue weighted by Gasteiger charge is 2.42. The van der Waals surface area contributed by atoms with Crippen LogP contribution in [0.5, 0.6) is 5.75 Å². The summed E-state index contributed by atoms with van der Waals surface area (Å²) in [4.78, 5) is 0. The van der Waals surface area contributed by atoms with Gasteiger partial charge in [-0.1, -0.05) is 172 Å². The molecule has 11 rings (SSSR count). The standard InChI is InChI=1S/C27H17F7O.C26H27F.C19H19F3/c1-14-3-5-16(6-4-14)17-7-8-20(23(30)9-17)18-10-24(31)26(25(32)11-18)27(33,34)35-19-12-21(28)15(2)22(29)13-19;1-18-3-7-20(8-4-18)21-11-13-22(14-12-21)24-15-16-25(26(27)17-24)23-9-5-19(2)6-10-23;1-12-2-4-13(5-3-12)14-6-8-15(9-7-14)16-10-17(20)19(22)18(21)11-16/h3-13H,1-2H3;5-6,9-18,20H,3-4,7-8H2,1-2H3;6-13H,2-5H2,1H3. The fraction of sp³-hybridized carbons (Fsp3) is 0.250. The van der Waals surface area contributed by atoms with Crippen LogP contribution in [-0.2, 0) is 6.11 Å². The summed E-state index contributed by atoms with van der Waals surface area (Å²) in [6, 6.07) is 45.4. The number of aryl methyl sites for hydroxylation is 2. The first-order valence-corrected chi connectivity index (χ1v) is 28.2. The number of hydrogen-bond donors (Lipinski definition) is 0. The maximum Gasteiger partial charge on any atom is 0.432 e. The molecule has 0 heterocycles. The Morgan fingerprint density at radius 3 is 1.07 bits per heavy atom. The van der Waals surface area contributed by atoms with Crippen LogP contribution >= 0.6 is 0 Å². The molecule has 2 aliphatic carbocycles. The molecule has 1 nitrogen and oxygen atoms in total. The van der Waals surface area contributed by atoms with Crippen molar-refractivity contribution >= 4 is 0 Å². The average molecular weight is 1150 g/mol. The van der Waals surface area contributed by atoms with E-state index in [1.54, 1.807) is 18.2 Å². The van der Waals surface area contributed by atoms with Crippen LogP contribution in [0.2, 0.25) is 0 Å². The summed E-state index contributed by atoms with van der Waals surface area (Å²) in [5.41, 5.74) is 8.05. The molecule has 0 amide bonds. The first-order chi connectivity index (χ1) is 40.1. The van der Waals surface area contributed by atoms with Crippen LogP contribution in [0, 0.1) is 85.0 Å². The number of ether oxygens (including phenoxy) is 1. The highest BCUT2D eigenvalue weighted by molar-refractivity contribution is 5.73. The maximum atomic E-state index is 14.8. The molecule has 0 aromatic heterocycles. The third-order valence-electron chi connectivity index (χ3n) is 16.3. The van der Waals surface area contributed by atoms with Crippen molar-refractivity contribution in [2.75, 3.05) is 0 Å². The lowest BCUT2D eigenvalue weighted by atomic mass is 9.79. The Hall–Kier alpha value is -7.99. The van der Waals surface area contributed by atoms with Gasteiger partial charge in [0.1, 0.15) is 46.2 Å². The Labute approximate surface area is 483 Å². The molecule has 0 unspecified atom stereocenters. The van der Waals surface area contributed by atoms with E-state index in [0.717, 1.165) is 58.7 Å². The second kappa shape index (κ2) is 26.3. The minimum Gasteiger partial charge on any atom is -0.429 e. The van der Waals surface area contributed by atoms with Gasteiger partial charge in [0.05, 0.1) is 0 Å². The van der Waals surface area contributed by atoms with E-state index in [2.05, 4.69) is 42.8 Å². The lowest BCUT2D eigenvalue weighted by Gasteiger charge is -2.26. The van der Waals surface area contributed by atoms with Gasteiger partial charge in [0, 0.05) is 28.8 Å². The highest BCUT2D eigenvalue weighted by atomic mass is 19.3. The summed E-state index contributed by atoms with van der Waals surface area (Å²) in [5.74, 6) is -8.51. The number of benzene rings is 9. The molecule has 0 N–H and O–H groups in total. The van der Waals surface area contributed by atoms with Crippen LogP contribution < -0.4 is 4.74 Å². The summed E-state index contributed by atoms with van der Waals surface area (Å²) < 4.78 is 159. The van der Waals surface area contributed by atoms with Gasteiger partial charge in [-0.2, -0.15) is 8.78 Å². The minimum absolute atomic E-state index is 0.165. The van der Waals surface area contributed by atoms with Crippen molar-refractivity contribution in [2.24, 2.45) is 11.8 Å². The summed E-state index contributed by atoms with van der Waals surface area (Å²) in [6.45, 7) is 9.66. The molecule has 12 heteroatoms. The van der Waals surface area contributed by atoms with Gasteiger partial charge in [-0.05, 0) is 162 Å². The Kier molecular flexibility index (Phi) is 19.0. The lowest BCUT2D eigenvalue weighted by molar-refractivity contribution is -0.189. The lowest BCUT2D eigenvalue weighted by Crippen LogP contribution is -2.25. The van der Waals surface area contributed by atoms with E-state index < -0.39 is 69.5 Å². The molecule has 0 bridgehead atoms. The molecule has 2 fully saturated rings. The van der Waals surface area contributed by atoms with Crippen molar-refractivity contribution in [3.8, 4) is 61.4 Å². The zero-order valence-electron chi connectivity index (χ0n) is 47.2. The van der Waals surface area contributed by atoms with E-state index in [4.69, 9.17) is 0 Å². The summed E-state index contributed by atoms with van der Waals surface area (Å²) in [6.07, 6.45) is 5.52. The number of alkyl halides is 2. The van der Waals surface area contributed by atoms with Crippen molar-refractivity contribution < 1.29 is 53.0 Å². The van der Waals surface area contributed by atoms with Crippen LogP contribution in [-0.4, -0.2) is 0 Å². The molecule has 0 aliphatic heterocycles. The molecule has 0 radical (unpaired) electrons. The predicted molar refractivity (Wildman–Crippen MR) is 312 cm³/mol. The van der Waals surface area contributed by atoms with Crippen molar-refractivity contribution in [2.45, 2.75) is 104 Å². The van der Waals surface area contributed by atoms with Gasteiger partial charge in [0.15, 0.2) is 17.5 Å². The smallest absolute Gasteiger partial charge is 0.429 e. The van der Waals surface area contributed by atoms with E-state index in [-0.39, 0.29) is 16.9 Å². The number of hydrogen-bond acceptors (Lipinski definition) is 1. The monoisotopic (exact) mass is 1150 g/mol. The molecule has 9 aromatic rings. The van der Waals surface area contributed by atoms with Crippen LogP contribution in [0.1, 0.15) is 110 Å². The van der Waals surface area contributed by atoms with Gasteiger partial charge < -0.3 is 4.74 Å². The van der Waals surface area contributed by atoms with Gasteiger partial charge >= 0.3 is 6.11 Å². The highest BCUT2D eigenvalue weighted by Crippen LogP contribution is 2.41. The van der Waals surface area contributed by atoms with E-state index in [0.29, 0.717) is 58.4 Å². The fourth-order valence-electron chi connectivity index (χ4n) is 11.0. The zero-order chi connectivity index (χ0) is 60.0. The van der Waals surface area contributed by atoms with Gasteiger partial charge in [-0.3, -0.25) is 0 Å². The summed E-state index contributed by atoms with van der Waals surface area (Å²) in [7, 11) is 0. The second-order valence-electron chi connectivity index (χ2n) is 22.5. The Bertz CT molecular complexity index is 3660. The van der Waals surface area contributed by atoms with Crippen LogP contribution in [0.3, 0.4) is 0 Å². The number of rotatable bonds is 10. The summed E-state index contributed by atoms with van der Waals surface area (Å²) >= 11 is 0. The molecule has 0 saturated heterocycles. The van der Waals surface area contributed by atoms with Gasteiger partial charge in [0.2, 0.25) is 0 Å². The van der Waals surface area contributed by atoms with Crippen molar-refractivity contribution in [1.29, 1.82) is 0 Å². The largest absolute Gasteiger partial charge is 0.432 e. The maximum absolute atomic E-state index is 14.8. The number of halogens is 11. The molecular formula is C72H63F11O. The molecule has 434 valence electrons. The Morgan fingerprint density at radius 1 is 0.333 bits per heavy atom. The molecule has 0 spiro atoms. The normalized spacial score (nSPS) is 16.9. The molecular weight excluding hydrogens is 1090 g/mol. The van der Waals surface area contributed by atoms with Crippen LogP contribution in [0.25, 0.3) is 55.6 Å². The first kappa shape index (κ1) is 60.6. The predicted octanol–water partition coefficient (Wildman–Crippen LogP) is 22.3. The van der Waals surface area contributed by atoms with E-state index >= 15 is 0 Å². The Morgan fingerprint density at radius 2 is 0.667 bits per heavy atom. The van der Waals surface area contributed by atoms with E-state index in [1.807, 2.05) is 86.6 Å². The van der Waals surface area contributed by atoms with Crippen LogP contribution in [0.15, 0.2) is 170 Å². The third-order valence-corrected chi connectivity index (χ3v) is 16.3. The molecule has 9 aromatic carbocycles. The molecule has 0 atom stereocenters. The van der Waals surface area contributed by atoms with Crippen LogP contribution in [0.4, 0.5) is 48.3 Å². The first-order valence-electron chi connectivity index (χ1n) is 28.2. The average Bonchev–Trinajstić information content (AvgIpc) is 2.44. The molecule has 2 aliphatic rings. The van der Waals surface area contributed by atoms with Gasteiger partial charge in [-0.25, -0.2) is 39.5 Å². The summed E-state index contributed by atoms with van der Waals surface area (Å²) in [5, 5.41) is 0. The fourth-order valence-corrected chi connectivity index (χ4v) is 11.0. The Balaban J connectivity index is 0.000000155. The van der Waals surface area contributed by atoms with Crippen molar-refractivity contribution in [3.63, 3.8) is 0 Å². The zero-order valence-corrected chi connectivity index (χ0v) is 47.2. The SMILES string of the molecule is CC1CCC(c2ccc(-c3cc(F)c(F)c(F)c3)cc2)CC1.Cc1ccc(-c2ccc(-c3cc(F)c(C(F)(F)Oc4cc(F)c(C)c(F)c4)c(F)c3)c(F)c2)cc1.Cc1ccc(-c2ccc(-c3ccc(C4CCC(C)CC4)cc3)cc2F)cc1. The topological polar surface area (TPSA) is 9.23 Å². The minimum atomic E-state index is -4.62. The molecule has 84 heavy (non-hydrogen) atoms. The molecule has 2 saturated carbocycles.